The Morgan fingerprint density at radius 2 is 2.07 bits per heavy atom. The number of aromatic nitrogens is 1. The number of benzene rings is 1. The van der Waals surface area contributed by atoms with Crippen LogP contribution in [0.5, 0.6) is 0 Å². The molecule has 0 amide bonds. The maximum atomic E-state index is 10.6. The van der Waals surface area contributed by atoms with Crippen molar-refractivity contribution in [2.24, 2.45) is 0 Å². The molecule has 0 radical (unpaired) electrons. The Morgan fingerprint density at radius 1 is 1.29 bits per heavy atom. The van der Waals surface area contributed by atoms with Gasteiger partial charge in [0, 0.05) is 17.3 Å². The van der Waals surface area contributed by atoms with E-state index in [0.29, 0.717) is 5.69 Å². The van der Waals surface area contributed by atoms with Crippen LogP contribution in [0.15, 0.2) is 30.5 Å². The van der Waals surface area contributed by atoms with Gasteiger partial charge in [0.15, 0.2) is 0 Å². The molecule has 1 aromatic carbocycles. The zero-order chi connectivity index (χ0) is 10.1. The third kappa shape index (κ3) is 1.37. The van der Waals surface area contributed by atoms with Crippen LogP contribution in [0, 0.1) is 0 Å². The molecule has 2 rings (SSSR count). The highest BCUT2D eigenvalue weighted by Crippen LogP contribution is 2.17. The van der Waals surface area contributed by atoms with Crippen molar-refractivity contribution < 1.29 is 9.90 Å². The summed E-state index contributed by atoms with van der Waals surface area (Å²) in [6, 6.07) is 6.80. The fourth-order valence-electron chi connectivity index (χ4n) is 1.28. The van der Waals surface area contributed by atoms with Crippen LogP contribution >= 0.6 is 0 Å². The number of carboxylic acids is 1. The number of nitrogens with two attached hydrogens (primary N) is 1. The van der Waals surface area contributed by atoms with Gasteiger partial charge < -0.3 is 10.8 Å². The van der Waals surface area contributed by atoms with E-state index in [9.17, 15) is 4.79 Å². The molecule has 0 unspecified atom stereocenters. The van der Waals surface area contributed by atoms with Gasteiger partial charge in [-0.25, -0.2) is 9.78 Å². The van der Waals surface area contributed by atoms with E-state index in [4.69, 9.17) is 10.8 Å². The third-order valence-corrected chi connectivity index (χ3v) is 1.96. The summed E-state index contributed by atoms with van der Waals surface area (Å²) < 4.78 is 0. The predicted molar refractivity (Wildman–Crippen MR) is 53.1 cm³/mol. The number of carbonyl (C=O) groups is 1. The fraction of sp³-hybridized carbons (Fsp3) is 0. The van der Waals surface area contributed by atoms with Gasteiger partial charge in [-0.2, -0.15) is 0 Å². The van der Waals surface area contributed by atoms with Crippen LogP contribution in [0.3, 0.4) is 0 Å². The number of carboxylic acid groups (broad SMARTS) is 1. The monoisotopic (exact) mass is 188 g/mol. The van der Waals surface area contributed by atoms with Crippen LogP contribution in [0.2, 0.25) is 0 Å². The van der Waals surface area contributed by atoms with Crippen molar-refractivity contribution in [1.82, 2.24) is 4.98 Å². The zero-order valence-corrected chi connectivity index (χ0v) is 7.27. The maximum Gasteiger partial charge on any atom is 0.354 e. The van der Waals surface area contributed by atoms with Gasteiger partial charge in [0.1, 0.15) is 5.69 Å². The van der Waals surface area contributed by atoms with Gasteiger partial charge in [-0.05, 0) is 23.6 Å². The number of pyridine rings is 1. The molecule has 0 spiro atoms. The SMILES string of the molecule is Nc1ccc2cnc(C(=O)O)cc2c1. The van der Waals surface area contributed by atoms with Crippen molar-refractivity contribution in [3.8, 4) is 0 Å². The van der Waals surface area contributed by atoms with Gasteiger partial charge in [0.2, 0.25) is 0 Å². The van der Waals surface area contributed by atoms with E-state index in [1.54, 1.807) is 12.1 Å². The number of nitrogens with zero attached hydrogens (tertiary/aromatic N) is 1. The first-order valence-corrected chi connectivity index (χ1v) is 4.05. The molecule has 1 aromatic heterocycles. The first-order chi connectivity index (χ1) is 6.66. The Labute approximate surface area is 80.0 Å². The molecule has 0 aliphatic carbocycles. The molecule has 14 heavy (non-hydrogen) atoms. The van der Waals surface area contributed by atoms with Gasteiger partial charge in [-0.15, -0.1) is 0 Å². The molecule has 2 aromatic rings. The Morgan fingerprint density at radius 3 is 2.79 bits per heavy atom. The summed E-state index contributed by atoms with van der Waals surface area (Å²) in [6.07, 6.45) is 1.53. The average molecular weight is 188 g/mol. The zero-order valence-electron chi connectivity index (χ0n) is 7.27. The molecular formula is C10H8N2O2. The molecule has 1 heterocycles. The smallest absolute Gasteiger partial charge is 0.354 e. The molecular weight excluding hydrogens is 180 g/mol. The summed E-state index contributed by atoms with van der Waals surface area (Å²) in [6.45, 7) is 0. The summed E-state index contributed by atoms with van der Waals surface area (Å²) in [5.74, 6) is -1.03. The predicted octanol–water partition coefficient (Wildman–Crippen LogP) is 1.52. The number of aromatic carboxylic acids is 1. The van der Waals surface area contributed by atoms with Crippen LogP contribution in [-0.2, 0) is 0 Å². The van der Waals surface area contributed by atoms with E-state index in [1.807, 2.05) is 6.07 Å². The van der Waals surface area contributed by atoms with Crippen molar-refractivity contribution in [3.63, 3.8) is 0 Å². The molecule has 0 bridgehead atoms. The third-order valence-electron chi connectivity index (χ3n) is 1.96. The second-order valence-electron chi connectivity index (χ2n) is 2.98. The van der Waals surface area contributed by atoms with Crippen LogP contribution in [0.1, 0.15) is 10.5 Å². The van der Waals surface area contributed by atoms with Crippen LogP contribution in [-0.4, -0.2) is 16.1 Å². The van der Waals surface area contributed by atoms with Gasteiger partial charge in [0.25, 0.3) is 0 Å². The van der Waals surface area contributed by atoms with E-state index in [-0.39, 0.29) is 5.69 Å². The van der Waals surface area contributed by atoms with Gasteiger partial charge in [0.05, 0.1) is 0 Å². The van der Waals surface area contributed by atoms with Gasteiger partial charge >= 0.3 is 5.97 Å². The lowest BCUT2D eigenvalue weighted by molar-refractivity contribution is 0.0691. The number of fused-ring (bicyclic) bond motifs is 1. The van der Waals surface area contributed by atoms with Crippen molar-refractivity contribution in [2.45, 2.75) is 0 Å². The molecule has 4 heteroatoms. The lowest BCUT2D eigenvalue weighted by Crippen LogP contribution is -1.99. The number of anilines is 1. The molecule has 0 fully saturated rings. The standard InChI is InChI=1S/C10H8N2O2/c11-8-2-1-6-5-12-9(10(13)14)4-7(6)3-8/h1-5H,11H2,(H,13,14). The number of hydrogen-bond acceptors (Lipinski definition) is 3. The van der Waals surface area contributed by atoms with E-state index >= 15 is 0 Å². The Bertz CT molecular complexity index is 508. The van der Waals surface area contributed by atoms with Crippen molar-refractivity contribution >= 4 is 22.4 Å². The largest absolute Gasteiger partial charge is 0.477 e. The number of hydrogen-bond donors (Lipinski definition) is 2. The Balaban J connectivity index is 2.69. The van der Waals surface area contributed by atoms with Crippen LogP contribution < -0.4 is 5.73 Å². The normalized spacial score (nSPS) is 10.3. The molecule has 4 nitrogen and oxygen atoms in total. The average Bonchev–Trinajstić information content (AvgIpc) is 2.16. The Kier molecular flexibility index (Phi) is 1.81. The minimum absolute atomic E-state index is 0.0306. The molecule has 0 saturated heterocycles. The molecule has 0 aliphatic heterocycles. The maximum absolute atomic E-state index is 10.6. The summed E-state index contributed by atoms with van der Waals surface area (Å²) in [7, 11) is 0. The molecule has 0 atom stereocenters. The first kappa shape index (κ1) is 8.50. The molecule has 0 aliphatic rings. The second-order valence-corrected chi connectivity index (χ2v) is 2.98. The van der Waals surface area contributed by atoms with Crippen molar-refractivity contribution in [3.05, 3.63) is 36.2 Å². The minimum Gasteiger partial charge on any atom is -0.477 e. The van der Waals surface area contributed by atoms with E-state index in [2.05, 4.69) is 4.98 Å². The summed E-state index contributed by atoms with van der Waals surface area (Å²) in [4.78, 5) is 14.4. The quantitative estimate of drug-likeness (QED) is 0.665. The Hall–Kier alpha value is -2.10. The number of rotatable bonds is 1. The topological polar surface area (TPSA) is 76.2 Å². The summed E-state index contributed by atoms with van der Waals surface area (Å²) in [5.41, 5.74) is 6.22. The lowest BCUT2D eigenvalue weighted by atomic mass is 10.1. The lowest BCUT2D eigenvalue weighted by Gasteiger charge is -1.99. The van der Waals surface area contributed by atoms with Crippen molar-refractivity contribution in [2.75, 3.05) is 5.73 Å². The van der Waals surface area contributed by atoms with E-state index in [0.717, 1.165) is 10.8 Å². The summed E-state index contributed by atoms with van der Waals surface area (Å²) in [5, 5.41) is 10.4. The highest BCUT2D eigenvalue weighted by atomic mass is 16.4. The van der Waals surface area contributed by atoms with E-state index < -0.39 is 5.97 Å². The number of nitrogen functional groups attached to an aromatic ring is 1. The second kappa shape index (κ2) is 2.99. The first-order valence-electron chi connectivity index (χ1n) is 4.05. The van der Waals surface area contributed by atoms with Crippen LogP contribution in [0.25, 0.3) is 10.8 Å². The fourth-order valence-corrected chi connectivity index (χ4v) is 1.28. The summed E-state index contributed by atoms with van der Waals surface area (Å²) >= 11 is 0. The van der Waals surface area contributed by atoms with Crippen LogP contribution in [0.4, 0.5) is 5.69 Å². The van der Waals surface area contributed by atoms with Gasteiger partial charge in [-0.1, -0.05) is 6.07 Å². The molecule has 70 valence electrons. The van der Waals surface area contributed by atoms with Crippen molar-refractivity contribution in [1.29, 1.82) is 0 Å². The molecule has 3 N–H and O–H groups in total. The highest BCUT2D eigenvalue weighted by Gasteiger charge is 2.04. The highest BCUT2D eigenvalue weighted by molar-refractivity contribution is 5.92. The molecule has 0 saturated carbocycles. The van der Waals surface area contributed by atoms with E-state index in [1.165, 1.54) is 12.3 Å². The minimum atomic E-state index is -1.03. The van der Waals surface area contributed by atoms with Gasteiger partial charge in [-0.3, -0.25) is 0 Å².